The van der Waals surface area contributed by atoms with Gasteiger partial charge < -0.3 is 10.4 Å². The SMILES string of the molecule is CCCCC(O)c1cc(F)cc2c1NC(=O)C2CC. The molecule has 1 amide bonds. The van der Waals surface area contributed by atoms with E-state index in [-0.39, 0.29) is 17.6 Å². The van der Waals surface area contributed by atoms with Gasteiger partial charge in [-0.1, -0.05) is 26.7 Å². The number of hydrogen-bond donors (Lipinski definition) is 2. The Balaban J connectivity index is 2.39. The topological polar surface area (TPSA) is 49.3 Å². The van der Waals surface area contributed by atoms with Gasteiger partial charge in [-0.2, -0.15) is 0 Å². The number of benzene rings is 1. The van der Waals surface area contributed by atoms with Gasteiger partial charge in [-0.3, -0.25) is 4.79 Å². The first-order valence-corrected chi connectivity index (χ1v) is 6.90. The van der Waals surface area contributed by atoms with Crippen molar-refractivity contribution in [1.29, 1.82) is 0 Å². The summed E-state index contributed by atoms with van der Waals surface area (Å²) in [5, 5.41) is 13.0. The Hall–Kier alpha value is -1.42. The molecule has 1 aromatic carbocycles. The second-order valence-electron chi connectivity index (χ2n) is 5.07. The van der Waals surface area contributed by atoms with Crippen LogP contribution < -0.4 is 5.32 Å². The van der Waals surface area contributed by atoms with Gasteiger partial charge in [-0.15, -0.1) is 0 Å². The van der Waals surface area contributed by atoms with Gasteiger partial charge in [-0.05, 0) is 30.5 Å². The lowest BCUT2D eigenvalue weighted by Crippen LogP contribution is -2.11. The van der Waals surface area contributed by atoms with Crippen LogP contribution in [0.1, 0.15) is 62.7 Å². The molecule has 1 heterocycles. The number of halogens is 1. The van der Waals surface area contributed by atoms with E-state index >= 15 is 0 Å². The number of aliphatic hydroxyl groups is 1. The molecule has 0 saturated carbocycles. The van der Waals surface area contributed by atoms with Gasteiger partial charge in [0.25, 0.3) is 0 Å². The van der Waals surface area contributed by atoms with E-state index in [4.69, 9.17) is 0 Å². The Kier molecular flexibility index (Phi) is 4.20. The van der Waals surface area contributed by atoms with Crippen molar-refractivity contribution in [2.24, 2.45) is 0 Å². The summed E-state index contributed by atoms with van der Waals surface area (Å²) in [5.41, 5.74) is 1.80. The highest BCUT2D eigenvalue weighted by atomic mass is 19.1. The smallest absolute Gasteiger partial charge is 0.232 e. The third-order valence-electron chi connectivity index (χ3n) is 3.70. The molecule has 0 fully saturated rings. The number of fused-ring (bicyclic) bond motifs is 1. The molecule has 104 valence electrons. The summed E-state index contributed by atoms with van der Waals surface area (Å²) in [4.78, 5) is 11.8. The summed E-state index contributed by atoms with van der Waals surface area (Å²) in [5.74, 6) is -0.797. The quantitative estimate of drug-likeness (QED) is 0.856. The number of amides is 1. The maximum absolute atomic E-state index is 13.7. The predicted octanol–water partition coefficient (Wildman–Crippen LogP) is 3.50. The van der Waals surface area contributed by atoms with Gasteiger partial charge in [0.2, 0.25) is 5.91 Å². The molecule has 1 aromatic rings. The molecule has 1 aliphatic heterocycles. The van der Waals surface area contributed by atoms with Crippen molar-refractivity contribution in [1.82, 2.24) is 0 Å². The average Bonchev–Trinajstić information content (AvgIpc) is 2.70. The highest BCUT2D eigenvalue weighted by molar-refractivity contribution is 6.03. The van der Waals surface area contributed by atoms with Gasteiger partial charge in [0.1, 0.15) is 5.82 Å². The molecule has 0 spiro atoms. The van der Waals surface area contributed by atoms with Crippen LogP contribution >= 0.6 is 0 Å². The first kappa shape index (κ1) is 14.0. The Bertz CT molecular complexity index is 487. The fraction of sp³-hybridized carbons (Fsp3) is 0.533. The van der Waals surface area contributed by atoms with Crippen molar-refractivity contribution in [3.63, 3.8) is 0 Å². The van der Waals surface area contributed by atoms with E-state index in [1.54, 1.807) is 0 Å². The Morgan fingerprint density at radius 3 is 2.79 bits per heavy atom. The zero-order chi connectivity index (χ0) is 14.0. The second-order valence-corrected chi connectivity index (χ2v) is 5.07. The number of carbonyl (C=O) groups excluding carboxylic acids is 1. The van der Waals surface area contributed by atoms with Crippen LogP contribution in [-0.2, 0) is 4.79 Å². The van der Waals surface area contributed by atoms with E-state index in [1.807, 2.05) is 13.8 Å². The van der Waals surface area contributed by atoms with Crippen molar-refractivity contribution in [3.8, 4) is 0 Å². The number of nitrogens with one attached hydrogen (secondary N) is 1. The van der Waals surface area contributed by atoms with Crippen molar-refractivity contribution >= 4 is 11.6 Å². The fourth-order valence-electron chi connectivity index (χ4n) is 2.64. The van der Waals surface area contributed by atoms with E-state index in [9.17, 15) is 14.3 Å². The molecule has 19 heavy (non-hydrogen) atoms. The van der Waals surface area contributed by atoms with Crippen molar-refractivity contribution in [2.75, 3.05) is 5.32 Å². The molecule has 0 saturated heterocycles. The second kappa shape index (κ2) is 5.70. The Labute approximate surface area is 112 Å². The molecule has 0 bridgehead atoms. The molecule has 2 rings (SSSR count). The fourth-order valence-corrected chi connectivity index (χ4v) is 2.64. The zero-order valence-corrected chi connectivity index (χ0v) is 11.4. The number of anilines is 1. The summed E-state index contributed by atoms with van der Waals surface area (Å²) in [6, 6.07) is 2.73. The minimum atomic E-state index is -0.722. The molecule has 0 radical (unpaired) electrons. The third kappa shape index (κ3) is 2.63. The Morgan fingerprint density at radius 1 is 1.42 bits per heavy atom. The van der Waals surface area contributed by atoms with Crippen molar-refractivity contribution in [2.45, 2.75) is 51.6 Å². The van der Waals surface area contributed by atoms with E-state index in [0.717, 1.165) is 12.8 Å². The standard InChI is InChI=1S/C15H20FNO2/c1-3-5-6-13(18)12-8-9(16)7-11-10(4-2)15(19)17-14(11)12/h7-8,10,13,18H,3-6H2,1-2H3,(H,17,19). The third-order valence-corrected chi connectivity index (χ3v) is 3.70. The average molecular weight is 265 g/mol. The minimum absolute atomic E-state index is 0.105. The maximum atomic E-state index is 13.7. The number of rotatable bonds is 5. The van der Waals surface area contributed by atoms with Crippen LogP contribution in [0, 0.1) is 5.82 Å². The van der Waals surface area contributed by atoms with Crippen LogP contribution in [0.3, 0.4) is 0 Å². The Morgan fingerprint density at radius 2 is 2.16 bits per heavy atom. The molecule has 4 heteroatoms. The number of unbranched alkanes of at least 4 members (excludes halogenated alkanes) is 1. The van der Waals surface area contributed by atoms with Crippen LogP contribution in [-0.4, -0.2) is 11.0 Å². The van der Waals surface area contributed by atoms with Crippen LogP contribution in [0.5, 0.6) is 0 Å². The number of carbonyl (C=O) groups is 1. The number of aliphatic hydroxyl groups excluding tert-OH is 1. The summed E-state index contributed by atoms with van der Waals surface area (Å²) in [6.07, 6.45) is 2.34. The van der Waals surface area contributed by atoms with Gasteiger partial charge in [0, 0.05) is 5.56 Å². The molecular formula is C15H20FNO2. The molecular weight excluding hydrogens is 245 g/mol. The first-order valence-electron chi connectivity index (χ1n) is 6.90. The van der Waals surface area contributed by atoms with Crippen molar-refractivity contribution in [3.05, 3.63) is 29.1 Å². The minimum Gasteiger partial charge on any atom is -0.388 e. The summed E-state index contributed by atoms with van der Waals surface area (Å²) in [7, 11) is 0. The molecule has 2 N–H and O–H groups in total. The highest BCUT2D eigenvalue weighted by Crippen LogP contribution is 2.40. The molecule has 2 unspecified atom stereocenters. The predicted molar refractivity (Wildman–Crippen MR) is 72.5 cm³/mol. The zero-order valence-electron chi connectivity index (χ0n) is 11.4. The molecule has 2 atom stereocenters. The van der Waals surface area contributed by atoms with Gasteiger partial charge in [0.15, 0.2) is 0 Å². The summed E-state index contributed by atoms with van der Waals surface area (Å²) in [6.45, 7) is 3.94. The molecule has 0 aromatic heterocycles. The molecule has 3 nitrogen and oxygen atoms in total. The summed E-state index contributed by atoms with van der Waals surface area (Å²) < 4.78 is 13.7. The van der Waals surface area contributed by atoms with Crippen LogP contribution in [0.2, 0.25) is 0 Å². The first-order chi connectivity index (χ1) is 9.08. The molecule has 0 aliphatic carbocycles. The normalized spacial score (nSPS) is 19.2. The van der Waals surface area contributed by atoms with Gasteiger partial charge >= 0.3 is 0 Å². The lowest BCUT2D eigenvalue weighted by molar-refractivity contribution is -0.117. The summed E-state index contributed by atoms with van der Waals surface area (Å²) >= 11 is 0. The largest absolute Gasteiger partial charge is 0.388 e. The van der Waals surface area contributed by atoms with E-state index < -0.39 is 6.10 Å². The van der Waals surface area contributed by atoms with Crippen molar-refractivity contribution < 1.29 is 14.3 Å². The lowest BCUT2D eigenvalue weighted by atomic mass is 9.93. The number of hydrogen-bond acceptors (Lipinski definition) is 2. The van der Waals surface area contributed by atoms with E-state index in [2.05, 4.69) is 5.32 Å². The van der Waals surface area contributed by atoms with Gasteiger partial charge in [0.05, 0.1) is 17.7 Å². The van der Waals surface area contributed by atoms with E-state index in [0.29, 0.717) is 29.7 Å². The highest BCUT2D eigenvalue weighted by Gasteiger charge is 2.32. The van der Waals surface area contributed by atoms with Crippen LogP contribution in [0.15, 0.2) is 12.1 Å². The lowest BCUT2D eigenvalue weighted by Gasteiger charge is -2.15. The van der Waals surface area contributed by atoms with Crippen LogP contribution in [0.4, 0.5) is 10.1 Å². The van der Waals surface area contributed by atoms with Gasteiger partial charge in [-0.25, -0.2) is 4.39 Å². The maximum Gasteiger partial charge on any atom is 0.232 e. The van der Waals surface area contributed by atoms with Crippen LogP contribution in [0.25, 0.3) is 0 Å². The van der Waals surface area contributed by atoms with E-state index in [1.165, 1.54) is 12.1 Å². The monoisotopic (exact) mass is 265 g/mol. The molecule has 1 aliphatic rings.